The van der Waals surface area contributed by atoms with Gasteiger partial charge < -0.3 is 10.2 Å². The van der Waals surface area contributed by atoms with Crippen LogP contribution in [0.3, 0.4) is 0 Å². The molecule has 1 N–H and O–H groups in total. The van der Waals surface area contributed by atoms with Crippen molar-refractivity contribution < 1.29 is 4.79 Å². The smallest absolute Gasteiger partial charge is 0.228 e. The van der Waals surface area contributed by atoms with Gasteiger partial charge in [-0.25, -0.2) is 0 Å². The van der Waals surface area contributed by atoms with Crippen molar-refractivity contribution in [1.82, 2.24) is 5.32 Å². The maximum absolute atomic E-state index is 11.9. The van der Waals surface area contributed by atoms with E-state index in [1.54, 1.807) is 4.90 Å². The molecule has 0 aromatic heterocycles. The molecule has 90 valence electrons. The molecule has 0 spiro atoms. The largest absolute Gasteiger partial charge is 0.315 e. The van der Waals surface area contributed by atoms with E-state index in [9.17, 15) is 4.79 Å². The monoisotopic (exact) mass is 230 g/mol. The molecule has 1 heterocycles. The van der Waals surface area contributed by atoms with Gasteiger partial charge in [-0.1, -0.05) is 24.6 Å². The van der Waals surface area contributed by atoms with Gasteiger partial charge in [0.15, 0.2) is 0 Å². The minimum Gasteiger partial charge on any atom is -0.315 e. The highest BCUT2D eigenvalue weighted by atomic mass is 16.2. The van der Waals surface area contributed by atoms with E-state index in [0.717, 1.165) is 5.69 Å². The minimum absolute atomic E-state index is 0.209. The van der Waals surface area contributed by atoms with E-state index in [-0.39, 0.29) is 11.9 Å². The summed E-state index contributed by atoms with van der Waals surface area (Å²) in [6.07, 6.45) is 4.41. The van der Waals surface area contributed by atoms with Gasteiger partial charge >= 0.3 is 0 Å². The van der Waals surface area contributed by atoms with Crippen molar-refractivity contribution in [2.75, 3.05) is 11.9 Å². The van der Waals surface area contributed by atoms with Crippen molar-refractivity contribution in [3.63, 3.8) is 0 Å². The molecule has 0 radical (unpaired) electrons. The van der Waals surface area contributed by atoms with Crippen LogP contribution in [0.25, 0.3) is 0 Å². The zero-order chi connectivity index (χ0) is 11.8. The Morgan fingerprint density at radius 3 is 2.76 bits per heavy atom. The lowest BCUT2D eigenvalue weighted by atomic mass is 9.89. The fourth-order valence-electron chi connectivity index (χ4n) is 2.65. The Kier molecular flexibility index (Phi) is 2.63. The maximum Gasteiger partial charge on any atom is 0.228 e. The summed E-state index contributed by atoms with van der Waals surface area (Å²) in [6.45, 7) is 0. The number of carbonyl (C=O) groups is 1. The van der Waals surface area contributed by atoms with E-state index in [1.807, 2.05) is 19.2 Å². The molecule has 1 aliphatic carbocycles. The first kappa shape index (κ1) is 10.8. The van der Waals surface area contributed by atoms with Gasteiger partial charge in [0, 0.05) is 31.2 Å². The number of para-hydroxylation sites is 1. The van der Waals surface area contributed by atoms with Gasteiger partial charge in [0.25, 0.3) is 0 Å². The maximum atomic E-state index is 11.9. The first-order valence-electron chi connectivity index (χ1n) is 6.37. The van der Waals surface area contributed by atoms with Gasteiger partial charge in [-0.05, 0) is 24.5 Å². The Balaban J connectivity index is 1.89. The zero-order valence-electron chi connectivity index (χ0n) is 10.1. The van der Waals surface area contributed by atoms with Crippen molar-refractivity contribution in [1.29, 1.82) is 0 Å². The summed E-state index contributed by atoms with van der Waals surface area (Å²) < 4.78 is 0. The second kappa shape index (κ2) is 4.15. The molecule has 17 heavy (non-hydrogen) atoms. The summed E-state index contributed by atoms with van der Waals surface area (Å²) in [5, 5.41) is 3.61. The second-order valence-electron chi connectivity index (χ2n) is 5.06. The summed E-state index contributed by atoms with van der Waals surface area (Å²) in [7, 11) is 1.86. The van der Waals surface area contributed by atoms with Crippen LogP contribution in [0.4, 0.5) is 5.69 Å². The van der Waals surface area contributed by atoms with Crippen molar-refractivity contribution in [3.8, 4) is 0 Å². The van der Waals surface area contributed by atoms with Crippen LogP contribution in [0.1, 0.15) is 37.3 Å². The third-order valence-electron chi connectivity index (χ3n) is 3.97. The van der Waals surface area contributed by atoms with Crippen LogP contribution in [0.2, 0.25) is 0 Å². The van der Waals surface area contributed by atoms with Crippen LogP contribution < -0.4 is 10.2 Å². The molecule has 1 fully saturated rings. The molecule has 0 saturated heterocycles. The summed E-state index contributed by atoms with van der Waals surface area (Å²) in [5.74, 6) is 0.209. The van der Waals surface area contributed by atoms with E-state index < -0.39 is 0 Å². The average molecular weight is 230 g/mol. The Morgan fingerprint density at radius 1 is 1.29 bits per heavy atom. The number of hydrogen-bond acceptors (Lipinski definition) is 2. The Morgan fingerprint density at radius 2 is 2.06 bits per heavy atom. The third-order valence-corrected chi connectivity index (χ3v) is 3.97. The average Bonchev–Trinajstić information content (AvgIpc) is 2.30. The van der Waals surface area contributed by atoms with E-state index in [2.05, 4.69) is 17.4 Å². The number of fused-ring (bicyclic) bond motifs is 1. The summed E-state index contributed by atoms with van der Waals surface area (Å²) in [5.41, 5.74) is 2.32. The Hall–Kier alpha value is -1.35. The van der Waals surface area contributed by atoms with Gasteiger partial charge in [0.05, 0.1) is 0 Å². The Bertz CT molecular complexity index is 440. The van der Waals surface area contributed by atoms with Crippen molar-refractivity contribution in [3.05, 3.63) is 29.8 Å². The molecule has 0 bridgehead atoms. The lowest BCUT2D eigenvalue weighted by molar-refractivity contribution is -0.119. The predicted molar refractivity (Wildman–Crippen MR) is 68.0 cm³/mol. The molecule has 3 rings (SSSR count). The molecule has 1 amide bonds. The van der Waals surface area contributed by atoms with Gasteiger partial charge in [0.2, 0.25) is 5.91 Å². The number of benzene rings is 1. The highest BCUT2D eigenvalue weighted by molar-refractivity contribution is 5.96. The van der Waals surface area contributed by atoms with Gasteiger partial charge in [-0.2, -0.15) is 0 Å². The molecular weight excluding hydrogens is 212 g/mol. The molecule has 1 saturated carbocycles. The van der Waals surface area contributed by atoms with E-state index in [1.165, 1.54) is 24.8 Å². The van der Waals surface area contributed by atoms with Crippen LogP contribution in [0, 0.1) is 0 Å². The van der Waals surface area contributed by atoms with Crippen LogP contribution in [0.15, 0.2) is 24.3 Å². The normalized spacial score (nSPS) is 24.4. The van der Waals surface area contributed by atoms with Crippen LogP contribution in [-0.2, 0) is 4.79 Å². The number of amides is 1. The van der Waals surface area contributed by atoms with Gasteiger partial charge in [-0.15, -0.1) is 0 Å². The zero-order valence-corrected chi connectivity index (χ0v) is 10.1. The van der Waals surface area contributed by atoms with Crippen LogP contribution in [0.5, 0.6) is 0 Å². The number of rotatable bonds is 2. The minimum atomic E-state index is 0.209. The number of carbonyl (C=O) groups excluding carboxylic acids is 1. The second-order valence-corrected chi connectivity index (χ2v) is 5.06. The number of nitrogens with one attached hydrogen (secondary N) is 1. The van der Waals surface area contributed by atoms with Crippen LogP contribution in [-0.4, -0.2) is 19.0 Å². The molecule has 1 aliphatic heterocycles. The molecular formula is C14H18N2O. The molecule has 2 aliphatic rings. The van der Waals surface area contributed by atoms with Crippen molar-refractivity contribution >= 4 is 11.6 Å². The predicted octanol–water partition coefficient (Wildman–Crippen LogP) is 2.24. The van der Waals surface area contributed by atoms with E-state index in [0.29, 0.717) is 12.5 Å². The molecule has 3 nitrogen and oxygen atoms in total. The van der Waals surface area contributed by atoms with Gasteiger partial charge in [-0.3, -0.25) is 4.79 Å². The summed E-state index contributed by atoms with van der Waals surface area (Å²) in [4.78, 5) is 13.7. The highest BCUT2D eigenvalue weighted by Gasteiger charge is 2.31. The Labute approximate surface area is 102 Å². The first-order chi connectivity index (χ1) is 8.25. The summed E-state index contributed by atoms with van der Waals surface area (Å²) >= 11 is 0. The molecule has 1 aromatic carbocycles. The summed E-state index contributed by atoms with van der Waals surface area (Å²) in [6, 6.07) is 9.03. The lowest BCUT2D eigenvalue weighted by Crippen LogP contribution is -2.43. The molecule has 1 aromatic rings. The molecule has 1 atom stereocenters. The third kappa shape index (κ3) is 1.84. The van der Waals surface area contributed by atoms with Gasteiger partial charge in [0.1, 0.15) is 0 Å². The molecule has 3 heteroatoms. The quantitative estimate of drug-likeness (QED) is 0.845. The van der Waals surface area contributed by atoms with E-state index in [4.69, 9.17) is 0 Å². The number of nitrogens with zero attached hydrogens (tertiary/aromatic N) is 1. The SMILES string of the molecule is CN1C(=O)CC(NC2CCC2)c2ccccc21. The van der Waals surface area contributed by atoms with Crippen LogP contribution >= 0.6 is 0 Å². The topological polar surface area (TPSA) is 32.3 Å². The van der Waals surface area contributed by atoms with Crippen molar-refractivity contribution in [2.24, 2.45) is 0 Å². The first-order valence-corrected chi connectivity index (χ1v) is 6.37. The number of hydrogen-bond donors (Lipinski definition) is 1. The standard InChI is InChI=1S/C14H18N2O/c1-16-13-8-3-2-7-11(13)12(9-14(16)17)15-10-5-4-6-10/h2-3,7-8,10,12,15H,4-6,9H2,1H3. The fourth-order valence-corrected chi connectivity index (χ4v) is 2.65. The molecule has 1 unspecified atom stereocenters. The number of anilines is 1. The fraction of sp³-hybridized carbons (Fsp3) is 0.500. The highest BCUT2D eigenvalue weighted by Crippen LogP contribution is 2.35. The lowest BCUT2D eigenvalue weighted by Gasteiger charge is -2.37. The van der Waals surface area contributed by atoms with E-state index >= 15 is 0 Å². The van der Waals surface area contributed by atoms with Crippen molar-refractivity contribution in [2.45, 2.75) is 37.8 Å².